The maximum absolute atomic E-state index is 14.4. The normalized spacial score (nSPS) is 16.1. The van der Waals surface area contributed by atoms with Crippen molar-refractivity contribution in [2.75, 3.05) is 31.8 Å². The second-order valence-corrected chi connectivity index (χ2v) is 6.77. The molecule has 152 valence electrons. The lowest BCUT2D eigenvalue weighted by molar-refractivity contribution is 0.0528. The molecule has 0 bridgehead atoms. The van der Waals surface area contributed by atoms with Gasteiger partial charge in [0.15, 0.2) is 11.9 Å². The van der Waals surface area contributed by atoms with Gasteiger partial charge in [0.1, 0.15) is 17.9 Å². The second-order valence-electron chi connectivity index (χ2n) is 6.77. The number of benzene rings is 1. The first-order valence-electron chi connectivity index (χ1n) is 9.42. The molecule has 1 aliphatic rings. The molecule has 0 unspecified atom stereocenters. The van der Waals surface area contributed by atoms with Crippen LogP contribution in [0.15, 0.2) is 42.7 Å². The van der Waals surface area contributed by atoms with Crippen LogP contribution < -0.4 is 14.4 Å². The molecule has 1 atom stereocenters. The Labute approximate surface area is 167 Å². The first-order valence-corrected chi connectivity index (χ1v) is 9.42. The molecular weight excluding hydrogens is 377 g/mol. The minimum absolute atomic E-state index is 0.0381. The maximum Gasteiger partial charge on any atom is 0.341 e. The van der Waals surface area contributed by atoms with Crippen LogP contribution in [0.4, 0.5) is 10.1 Å². The van der Waals surface area contributed by atoms with Gasteiger partial charge in [-0.3, -0.25) is 0 Å². The summed E-state index contributed by atoms with van der Waals surface area (Å²) < 4.78 is 31.9. The van der Waals surface area contributed by atoms with Crippen molar-refractivity contribution in [3.63, 3.8) is 0 Å². The number of methoxy groups -OCH3 is 1. The molecule has 0 saturated carbocycles. The average molecular weight is 399 g/mol. The van der Waals surface area contributed by atoms with Gasteiger partial charge in [-0.25, -0.2) is 13.7 Å². The van der Waals surface area contributed by atoms with E-state index in [4.69, 9.17) is 14.2 Å². The van der Waals surface area contributed by atoms with Gasteiger partial charge in [0.2, 0.25) is 0 Å². The number of pyridine rings is 1. The van der Waals surface area contributed by atoms with E-state index in [9.17, 15) is 9.18 Å². The number of carbonyl (C=O) groups is 1. The van der Waals surface area contributed by atoms with Gasteiger partial charge in [0, 0.05) is 6.54 Å². The summed E-state index contributed by atoms with van der Waals surface area (Å²) in [6, 6.07) is 9.43. The Morgan fingerprint density at radius 3 is 2.86 bits per heavy atom. The third-order valence-corrected chi connectivity index (χ3v) is 4.81. The first-order chi connectivity index (χ1) is 14.1. The molecule has 0 N–H and O–H groups in total. The van der Waals surface area contributed by atoms with Gasteiger partial charge >= 0.3 is 5.97 Å². The van der Waals surface area contributed by atoms with E-state index in [1.807, 2.05) is 29.2 Å². The molecule has 4 rings (SSSR count). The number of hydrogen-bond donors (Lipinski definition) is 0. The van der Waals surface area contributed by atoms with Crippen LogP contribution in [-0.4, -0.2) is 48.6 Å². The van der Waals surface area contributed by atoms with E-state index >= 15 is 0 Å². The Bertz CT molecular complexity index is 1020. The SMILES string of the molecule is CCOC(=O)c1cnn2cc3c(cc12)N(Cc1ccc(OC)cc1)C[C@@H](F)CO3. The summed E-state index contributed by atoms with van der Waals surface area (Å²) in [5.74, 6) is 0.837. The van der Waals surface area contributed by atoms with Gasteiger partial charge in [0.05, 0.1) is 43.9 Å². The van der Waals surface area contributed by atoms with Crippen LogP contribution in [0.3, 0.4) is 0 Å². The lowest BCUT2D eigenvalue weighted by Crippen LogP contribution is -2.30. The predicted octanol–water partition coefficient (Wildman–Crippen LogP) is 3.26. The van der Waals surface area contributed by atoms with Crippen molar-refractivity contribution < 1.29 is 23.4 Å². The van der Waals surface area contributed by atoms with Gasteiger partial charge in [-0.15, -0.1) is 0 Å². The van der Waals surface area contributed by atoms with Crippen LogP contribution in [-0.2, 0) is 11.3 Å². The van der Waals surface area contributed by atoms with Gasteiger partial charge in [-0.2, -0.15) is 5.10 Å². The van der Waals surface area contributed by atoms with Gasteiger partial charge in [-0.05, 0) is 30.7 Å². The number of carbonyl (C=O) groups excluding carboxylic acids is 1. The molecule has 0 radical (unpaired) electrons. The predicted molar refractivity (Wildman–Crippen MR) is 106 cm³/mol. The molecule has 0 saturated heterocycles. The summed E-state index contributed by atoms with van der Waals surface area (Å²) in [7, 11) is 1.61. The fourth-order valence-electron chi connectivity index (χ4n) is 3.39. The van der Waals surface area contributed by atoms with E-state index in [1.165, 1.54) is 6.20 Å². The zero-order chi connectivity index (χ0) is 20.4. The molecule has 3 heterocycles. The fourth-order valence-corrected chi connectivity index (χ4v) is 3.39. The Morgan fingerprint density at radius 1 is 1.34 bits per heavy atom. The van der Waals surface area contributed by atoms with Crippen molar-refractivity contribution in [1.29, 1.82) is 0 Å². The summed E-state index contributed by atoms with van der Waals surface area (Å²) in [5, 5.41) is 4.22. The number of aromatic nitrogens is 2. The topological polar surface area (TPSA) is 65.3 Å². The minimum atomic E-state index is -1.14. The van der Waals surface area contributed by atoms with Crippen LogP contribution in [0, 0.1) is 0 Å². The molecule has 8 heteroatoms. The molecular formula is C21H22FN3O4. The van der Waals surface area contributed by atoms with Gasteiger partial charge < -0.3 is 19.1 Å². The number of anilines is 1. The fraction of sp³-hybridized carbons (Fsp3) is 0.333. The number of alkyl halides is 1. The number of fused-ring (bicyclic) bond motifs is 2. The first kappa shape index (κ1) is 19.0. The van der Waals surface area contributed by atoms with E-state index in [0.717, 1.165) is 11.3 Å². The lowest BCUT2D eigenvalue weighted by Gasteiger charge is -2.25. The summed E-state index contributed by atoms with van der Waals surface area (Å²) in [4.78, 5) is 14.2. The smallest absolute Gasteiger partial charge is 0.341 e. The van der Waals surface area contributed by atoms with Crippen molar-refractivity contribution in [3.05, 3.63) is 53.9 Å². The van der Waals surface area contributed by atoms with E-state index in [1.54, 1.807) is 30.8 Å². The van der Waals surface area contributed by atoms with E-state index in [2.05, 4.69) is 5.10 Å². The summed E-state index contributed by atoms with van der Waals surface area (Å²) >= 11 is 0. The third-order valence-electron chi connectivity index (χ3n) is 4.81. The number of ether oxygens (including phenoxy) is 3. The Hall–Kier alpha value is -3.29. The molecule has 0 amide bonds. The van der Waals surface area contributed by atoms with Crippen molar-refractivity contribution in [2.45, 2.75) is 19.6 Å². The molecule has 7 nitrogen and oxygen atoms in total. The Morgan fingerprint density at radius 2 is 2.14 bits per heavy atom. The highest BCUT2D eigenvalue weighted by Crippen LogP contribution is 2.34. The highest BCUT2D eigenvalue weighted by atomic mass is 19.1. The number of esters is 1. The van der Waals surface area contributed by atoms with Crippen molar-refractivity contribution >= 4 is 17.2 Å². The Kier molecular flexibility index (Phi) is 5.24. The van der Waals surface area contributed by atoms with E-state index in [-0.39, 0.29) is 19.8 Å². The molecule has 0 fully saturated rings. The zero-order valence-corrected chi connectivity index (χ0v) is 16.3. The summed E-state index contributed by atoms with van der Waals surface area (Å²) in [6.45, 7) is 2.65. The molecule has 2 aromatic heterocycles. The van der Waals surface area contributed by atoms with Crippen molar-refractivity contribution in [2.24, 2.45) is 0 Å². The maximum atomic E-state index is 14.4. The van der Waals surface area contributed by atoms with Crippen LogP contribution in [0.1, 0.15) is 22.8 Å². The van der Waals surface area contributed by atoms with Crippen molar-refractivity contribution in [3.8, 4) is 11.5 Å². The molecule has 29 heavy (non-hydrogen) atoms. The van der Waals surface area contributed by atoms with Crippen LogP contribution in [0.2, 0.25) is 0 Å². The molecule has 0 spiro atoms. The Balaban J connectivity index is 1.73. The number of hydrogen-bond acceptors (Lipinski definition) is 6. The largest absolute Gasteiger partial charge is 0.497 e. The summed E-state index contributed by atoms with van der Waals surface area (Å²) in [5.41, 5.74) is 2.66. The standard InChI is InChI=1S/C21H22FN3O4/c1-3-28-21(26)17-9-23-25-12-20-19(8-18(17)25)24(11-15(22)13-29-20)10-14-4-6-16(27-2)7-5-14/h4-9,12,15H,3,10-11,13H2,1-2H3/t15-/m1/s1. The van der Waals surface area contributed by atoms with Gasteiger partial charge in [0.25, 0.3) is 0 Å². The highest BCUT2D eigenvalue weighted by Gasteiger charge is 2.25. The monoisotopic (exact) mass is 399 g/mol. The zero-order valence-electron chi connectivity index (χ0n) is 16.3. The van der Waals surface area contributed by atoms with Crippen LogP contribution in [0.25, 0.3) is 5.52 Å². The number of rotatable bonds is 5. The van der Waals surface area contributed by atoms with Crippen LogP contribution in [0.5, 0.6) is 11.5 Å². The second kappa shape index (κ2) is 7.98. The lowest BCUT2D eigenvalue weighted by atomic mass is 10.1. The average Bonchev–Trinajstić information content (AvgIpc) is 3.08. The quantitative estimate of drug-likeness (QED) is 0.614. The molecule has 1 aromatic carbocycles. The molecule has 0 aliphatic carbocycles. The van der Waals surface area contributed by atoms with Crippen molar-refractivity contribution in [1.82, 2.24) is 9.61 Å². The molecule has 1 aliphatic heterocycles. The third kappa shape index (κ3) is 3.83. The van der Waals surface area contributed by atoms with E-state index < -0.39 is 12.1 Å². The summed E-state index contributed by atoms with van der Waals surface area (Å²) in [6.07, 6.45) is 2.00. The number of halogens is 1. The highest BCUT2D eigenvalue weighted by molar-refractivity contribution is 5.97. The number of nitrogens with zero attached hydrogens (tertiary/aromatic N) is 3. The van der Waals surface area contributed by atoms with Gasteiger partial charge in [-0.1, -0.05) is 12.1 Å². The minimum Gasteiger partial charge on any atom is -0.497 e. The van der Waals surface area contributed by atoms with Crippen LogP contribution >= 0.6 is 0 Å². The molecule has 3 aromatic rings. The van der Waals surface area contributed by atoms with E-state index in [0.29, 0.717) is 29.1 Å².